The minimum atomic E-state index is -0.931. The van der Waals surface area contributed by atoms with Crippen molar-refractivity contribution in [2.24, 2.45) is 0 Å². The van der Waals surface area contributed by atoms with E-state index < -0.39 is 5.97 Å². The number of aromatic carboxylic acids is 1. The van der Waals surface area contributed by atoms with Crippen molar-refractivity contribution in [3.8, 4) is 10.6 Å². The Hall–Kier alpha value is -3.20. The van der Waals surface area contributed by atoms with Gasteiger partial charge < -0.3 is 15.3 Å². The minimum absolute atomic E-state index is 0. The van der Waals surface area contributed by atoms with E-state index in [9.17, 15) is 4.79 Å². The van der Waals surface area contributed by atoms with Crippen molar-refractivity contribution >= 4 is 58.9 Å². The first-order valence-corrected chi connectivity index (χ1v) is 10.9. The SMILES string of the molecule is CN(c1ncc(-c2cccc(Nc3ccccn3)n2)s1)C(C)(C)c1ccc(C(=O)O)cc1.Cl.Cl. The molecule has 7 nitrogen and oxygen atoms in total. The first-order valence-electron chi connectivity index (χ1n) is 10.0. The van der Waals surface area contributed by atoms with E-state index in [0.29, 0.717) is 5.82 Å². The maximum atomic E-state index is 11.1. The zero-order valence-corrected chi connectivity index (χ0v) is 21.2. The first kappa shape index (κ1) is 27.0. The Morgan fingerprint density at radius 3 is 2.32 bits per heavy atom. The summed E-state index contributed by atoms with van der Waals surface area (Å²) in [4.78, 5) is 27.8. The van der Waals surface area contributed by atoms with E-state index in [2.05, 4.69) is 34.0 Å². The molecule has 0 fully saturated rings. The Morgan fingerprint density at radius 1 is 0.971 bits per heavy atom. The molecule has 4 aromatic rings. The molecule has 0 saturated heterocycles. The van der Waals surface area contributed by atoms with E-state index in [1.807, 2.05) is 61.8 Å². The Morgan fingerprint density at radius 2 is 1.68 bits per heavy atom. The van der Waals surface area contributed by atoms with Crippen molar-refractivity contribution in [2.45, 2.75) is 19.4 Å². The summed E-state index contributed by atoms with van der Waals surface area (Å²) >= 11 is 1.55. The van der Waals surface area contributed by atoms with E-state index in [1.165, 1.54) is 0 Å². The monoisotopic (exact) mass is 517 g/mol. The van der Waals surface area contributed by atoms with Crippen molar-refractivity contribution in [3.63, 3.8) is 0 Å². The summed E-state index contributed by atoms with van der Waals surface area (Å²) < 4.78 is 0. The largest absolute Gasteiger partial charge is 0.478 e. The molecule has 0 spiro atoms. The highest BCUT2D eigenvalue weighted by Gasteiger charge is 2.28. The van der Waals surface area contributed by atoms with Crippen LogP contribution < -0.4 is 10.2 Å². The lowest BCUT2D eigenvalue weighted by atomic mass is 9.92. The third-order valence-corrected chi connectivity index (χ3v) is 6.48. The molecule has 10 heteroatoms. The molecule has 34 heavy (non-hydrogen) atoms. The second-order valence-corrected chi connectivity index (χ2v) is 8.76. The van der Waals surface area contributed by atoms with E-state index in [-0.39, 0.29) is 35.9 Å². The maximum Gasteiger partial charge on any atom is 0.335 e. The molecule has 3 aromatic heterocycles. The van der Waals surface area contributed by atoms with Gasteiger partial charge in [-0.15, -0.1) is 24.8 Å². The fourth-order valence-electron chi connectivity index (χ4n) is 3.20. The number of carboxylic acids is 1. The van der Waals surface area contributed by atoms with Crippen molar-refractivity contribution in [1.82, 2.24) is 15.0 Å². The minimum Gasteiger partial charge on any atom is -0.478 e. The number of halogens is 2. The van der Waals surface area contributed by atoms with Crippen LogP contribution in [0, 0.1) is 0 Å². The van der Waals surface area contributed by atoms with Crippen molar-refractivity contribution in [3.05, 3.63) is 84.2 Å². The van der Waals surface area contributed by atoms with Gasteiger partial charge >= 0.3 is 5.97 Å². The highest BCUT2D eigenvalue weighted by molar-refractivity contribution is 7.18. The molecule has 1 aromatic carbocycles. The third kappa shape index (κ3) is 5.83. The lowest BCUT2D eigenvalue weighted by Crippen LogP contribution is -2.38. The van der Waals surface area contributed by atoms with Gasteiger partial charge in [-0.3, -0.25) is 0 Å². The van der Waals surface area contributed by atoms with Crippen LogP contribution in [-0.2, 0) is 5.54 Å². The smallest absolute Gasteiger partial charge is 0.335 e. The van der Waals surface area contributed by atoms with Gasteiger partial charge in [0.2, 0.25) is 0 Å². The summed E-state index contributed by atoms with van der Waals surface area (Å²) in [7, 11) is 1.99. The lowest BCUT2D eigenvalue weighted by Gasteiger charge is -2.36. The molecule has 0 bridgehead atoms. The van der Waals surface area contributed by atoms with E-state index in [1.54, 1.807) is 29.7 Å². The normalized spacial score (nSPS) is 10.6. The van der Waals surface area contributed by atoms with E-state index >= 15 is 0 Å². The number of carbonyl (C=O) groups is 1. The summed E-state index contributed by atoms with van der Waals surface area (Å²) in [6.45, 7) is 4.17. The highest BCUT2D eigenvalue weighted by atomic mass is 35.5. The molecule has 178 valence electrons. The van der Waals surface area contributed by atoms with Crippen LogP contribution in [0.2, 0.25) is 0 Å². The van der Waals surface area contributed by atoms with E-state index in [0.717, 1.165) is 27.1 Å². The molecule has 0 saturated carbocycles. The van der Waals surface area contributed by atoms with Gasteiger partial charge in [-0.05, 0) is 55.8 Å². The number of carboxylic acid groups (broad SMARTS) is 1. The quantitative estimate of drug-likeness (QED) is 0.299. The number of hydrogen-bond donors (Lipinski definition) is 2. The van der Waals surface area contributed by atoms with Gasteiger partial charge in [0.25, 0.3) is 0 Å². The molecule has 4 rings (SSSR count). The molecule has 2 N–H and O–H groups in total. The van der Waals surface area contributed by atoms with Gasteiger partial charge in [-0.25, -0.2) is 19.7 Å². The zero-order valence-electron chi connectivity index (χ0n) is 18.8. The first-order chi connectivity index (χ1) is 15.3. The second-order valence-electron chi connectivity index (χ2n) is 7.76. The number of anilines is 3. The molecular formula is C24H25Cl2N5O2S. The van der Waals surface area contributed by atoms with Crippen LogP contribution >= 0.6 is 36.2 Å². The summed E-state index contributed by atoms with van der Waals surface area (Å²) in [6, 6.07) is 18.4. The average Bonchev–Trinajstić information content (AvgIpc) is 3.30. The number of benzene rings is 1. The molecule has 0 radical (unpaired) electrons. The predicted octanol–water partition coefficient (Wildman–Crippen LogP) is 6.26. The third-order valence-electron chi connectivity index (χ3n) is 5.38. The molecule has 3 heterocycles. The van der Waals surface area contributed by atoms with Crippen LogP contribution in [0.15, 0.2) is 73.1 Å². The standard InChI is InChI=1S/C24H23N5O2S.2ClH/c1-24(2,17-12-10-16(11-13-17)22(30)31)29(3)23-26-15-19(32-23)18-7-6-9-21(27-18)28-20-8-4-5-14-25-20;;/h4-15H,1-3H3,(H,30,31)(H,25,27,28);2*1H. The van der Waals surface area contributed by atoms with Crippen LogP contribution in [0.4, 0.5) is 16.8 Å². The number of rotatable bonds is 7. The van der Waals surface area contributed by atoms with Crippen LogP contribution in [0.5, 0.6) is 0 Å². The molecule has 0 aliphatic carbocycles. The van der Waals surface area contributed by atoms with E-state index in [4.69, 9.17) is 10.1 Å². The Kier molecular flexibility index (Phi) is 8.98. The number of pyridine rings is 2. The van der Waals surface area contributed by atoms with Crippen molar-refractivity contribution < 1.29 is 9.90 Å². The fourth-order valence-corrected chi connectivity index (χ4v) is 4.19. The van der Waals surface area contributed by atoms with Crippen molar-refractivity contribution in [2.75, 3.05) is 17.3 Å². The molecule has 0 aliphatic rings. The number of nitrogens with zero attached hydrogens (tertiary/aromatic N) is 4. The van der Waals surface area contributed by atoms with Gasteiger partial charge in [-0.1, -0.05) is 35.6 Å². The summed E-state index contributed by atoms with van der Waals surface area (Å²) in [5.41, 5.74) is 1.71. The van der Waals surface area contributed by atoms with Crippen LogP contribution in [0.3, 0.4) is 0 Å². The summed E-state index contributed by atoms with van der Waals surface area (Å²) in [6.07, 6.45) is 3.56. The van der Waals surface area contributed by atoms with Gasteiger partial charge in [-0.2, -0.15) is 0 Å². The predicted molar refractivity (Wildman–Crippen MR) is 142 cm³/mol. The summed E-state index contributed by atoms with van der Waals surface area (Å²) in [5, 5.41) is 13.2. The molecule has 0 unspecified atom stereocenters. The number of thiazole rings is 1. The fraction of sp³-hybridized carbons (Fsp3) is 0.167. The van der Waals surface area contributed by atoms with Gasteiger partial charge in [0.05, 0.1) is 21.7 Å². The number of nitrogens with one attached hydrogen (secondary N) is 1. The maximum absolute atomic E-state index is 11.1. The van der Waals surface area contributed by atoms with Gasteiger partial charge in [0.15, 0.2) is 5.13 Å². The second kappa shape index (κ2) is 11.3. The molecule has 0 amide bonds. The highest BCUT2D eigenvalue weighted by Crippen LogP contribution is 2.36. The van der Waals surface area contributed by atoms with Crippen molar-refractivity contribution in [1.29, 1.82) is 0 Å². The molecule has 0 aliphatic heterocycles. The zero-order chi connectivity index (χ0) is 22.7. The van der Waals surface area contributed by atoms with Crippen LogP contribution in [0.1, 0.15) is 29.8 Å². The van der Waals surface area contributed by atoms with Gasteiger partial charge in [0.1, 0.15) is 11.6 Å². The van der Waals surface area contributed by atoms with Gasteiger partial charge in [0, 0.05) is 19.4 Å². The molecular weight excluding hydrogens is 493 g/mol. The Bertz CT molecular complexity index is 1230. The van der Waals surface area contributed by atoms with Crippen LogP contribution in [-0.4, -0.2) is 33.1 Å². The molecule has 0 atom stereocenters. The van der Waals surface area contributed by atoms with Crippen LogP contribution in [0.25, 0.3) is 10.6 Å². The summed E-state index contributed by atoms with van der Waals surface area (Å²) in [5.74, 6) is 0.514. The lowest BCUT2D eigenvalue weighted by molar-refractivity contribution is 0.0697. The number of aromatic nitrogens is 3. The Labute approximate surface area is 214 Å². The average molecular weight is 518 g/mol. The topological polar surface area (TPSA) is 91.2 Å². The Balaban J connectivity index is 0.00000204. The number of hydrogen-bond acceptors (Lipinski definition) is 7.